The first-order valence-corrected chi connectivity index (χ1v) is 5.66. The molecular formula is C12H11BrO2. The van der Waals surface area contributed by atoms with Crippen molar-refractivity contribution in [2.45, 2.75) is 12.8 Å². The highest BCUT2D eigenvalue weighted by Gasteiger charge is 2.27. The van der Waals surface area contributed by atoms with E-state index >= 15 is 0 Å². The summed E-state index contributed by atoms with van der Waals surface area (Å²) in [4.78, 5) is 10.7. The molecule has 1 N–H and O–H groups in total. The number of carbonyl (C=O) groups is 1. The Kier molecular flexibility index (Phi) is 2.91. The lowest BCUT2D eigenvalue weighted by Gasteiger charge is -2.05. The maximum atomic E-state index is 10.7. The fourth-order valence-corrected chi connectivity index (χ4v) is 1.87. The largest absolute Gasteiger partial charge is 0.478 e. The fourth-order valence-electron chi connectivity index (χ4n) is 1.61. The molecule has 0 aromatic heterocycles. The van der Waals surface area contributed by atoms with Crippen molar-refractivity contribution in [2.75, 3.05) is 0 Å². The fraction of sp³-hybridized carbons (Fsp3) is 0.250. The Labute approximate surface area is 96.7 Å². The van der Waals surface area contributed by atoms with Crippen molar-refractivity contribution < 1.29 is 9.90 Å². The first-order valence-electron chi connectivity index (χ1n) is 4.87. The standard InChI is InChI=1S/C12H11BrO2/c13-10-5-3-9(4-6-10)11(7-12(14)15)8-1-2-8/h3-8H,1-2H2,(H,14,15)/b11-7+. The van der Waals surface area contributed by atoms with Crippen molar-refractivity contribution in [1.29, 1.82) is 0 Å². The van der Waals surface area contributed by atoms with Crippen molar-refractivity contribution in [1.82, 2.24) is 0 Å². The zero-order valence-corrected chi connectivity index (χ0v) is 9.70. The number of benzene rings is 1. The van der Waals surface area contributed by atoms with E-state index in [4.69, 9.17) is 5.11 Å². The van der Waals surface area contributed by atoms with Crippen LogP contribution in [0.2, 0.25) is 0 Å². The highest BCUT2D eigenvalue weighted by Crippen LogP contribution is 2.41. The zero-order valence-electron chi connectivity index (χ0n) is 8.11. The van der Waals surface area contributed by atoms with Crippen LogP contribution in [-0.2, 0) is 4.79 Å². The Morgan fingerprint density at radius 2 is 1.93 bits per heavy atom. The van der Waals surface area contributed by atoms with Crippen molar-refractivity contribution in [3.05, 3.63) is 40.4 Å². The van der Waals surface area contributed by atoms with Gasteiger partial charge in [-0.05, 0) is 42.0 Å². The number of allylic oxidation sites excluding steroid dienone is 1. The van der Waals surface area contributed by atoms with Gasteiger partial charge in [0, 0.05) is 10.5 Å². The third-order valence-corrected chi connectivity index (χ3v) is 3.00. The van der Waals surface area contributed by atoms with Gasteiger partial charge in [0.2, 0.25) is 0 Å². The van der Waals surface area contributed by atoms with Crippen LogP contribution in [0.15, 0.2) is 34.8 Å². The SMILES string of the molecule is O=C(O)/C=C(/c1ccc(Br)cc1)C1CC1. The van der Waals surface area contributed by atoms with Crippen LogP contribution in [0.4, 0.5) is 0 Å². The summed E-state index contributed by atoms with van der Waals surface area (Å²) in [7, 11) is 0. The lowest BCUT2D eigenvalue weighted by Crippen LogP contribution is -1.94. The maximum Gasteiger partial charge on any atom is 0.328 e. The molecule has 15 heavy (non-hydrogen) atoms. The highest BCUT2D eigenvalue weighted by molar-refractivity contribution is 9.10. The molecule has 0 atom stereocenters. The summed E-state index contributed by atoms with van der Waals surface area (Å²) in [5.41, 5.74) is 1.97. The van der Waals surface area contributed by atoms with Crippen LogP contribution >= 0.6 is 15.9 Å². The third-order valence-electron chi connectivity index (χ3n) is 2.47. The smallest absolute Gasteiger partial charge is 0.328 e. The molecule has 1 saturated carbocycles. The summed E-state index contributed by atoms with van der Waals surface area (Å²) < 4.78 is 1.01. The molecule has 1 fully saturated rings. The summed E-state index contributed by atoms with van der Waals surface area (Å²) in [5, 5.41) is 8.79. The predicted molar refractivity (Wildman–Crippen MR) is 62.5 cm³/mol. The Hall–Kier alpha value is -1.09. The molecule has 0 aliphatic heterocycles. The molecule has 1 aliphatic rings. The van der Waals surface area contributed by atoms with Crippen molar-refractivity contribution in [3.8, 4) is 0 Å². The van der Waals surface area contributed by atoms with Gasteiger partial charge in [0.15, 0.2) is 0 Å². The Bertz CT molecular complexity index is 402. The Balaban J connectivity index is 2.32. The van der Waals surface area contributed by atoms with Crippen LogP contribution in [0.5, 0.6) is 0 Å². The van der Waals surface area contributed by atoms with Crippen LogP contribution in [-0.4, -0.2) is 11.1 Å². The lowest BCUT2D eigenvalue weighted by molar-refractivity contribution is -0.131. The molecule has 0 bridgehead atoms. The first kappa shape index (κ1) is 10.4. The van der Waals surface area contributed by atoms with E-state index in [2.05, 4.69) is 15.9 Å². The molecule has 2 rings (SSSR count). The second-order valence-electron chi connectivity index (χ2n) is 3.72. The molecule has 0 spiro atoms. The van der Waals surface area contributed by atoms with Crippen molar-refractivity contribution >= 4 is 27.5 Å². The van der Waals surface area contributed by atoms with Gasteiger partial charge in [-0.1, -0.05) is 28.1 Å². The van der Waals surface area contributed by atoms with Gasteiger partial charge in [-0.15, -0.1) is 0 Å². The topological polar surface area (TPSA) is 37.3 Å². The average molecular weight is 267 g/mol. The minimum atomic E-state index is -0.861. The van der Waals surface area contributed by atoms with E-state index in [0.717, 1.165) is 28.5 Å². The third kappa shape index (κ3) is 2.69. The van der Waals surface area contributed by atoms with Gasteiger partial charge in [0.25, 0.3) is 0 Å². The molecule has 1 aromatic carbocycles. The van der Waals surface area contributed by atoms with E-state index in [1.54, 1.807) is 0 Å². The number of hydrogen-bond donors (Lipinski definition) is 1. The van der Waals surface area contributed by atoms with Gasteiger partial charge in [0.1, 0.15) is 0 Å². The van der Waals surface area contributed by atoms with Gasteiger partial charge >= 0.3 is 5.97 Å². The molecule has 0 amide bonds. The quantitative estimate of drug-likeness (QED) is 0.853. The maximum absolute atomic E-state index is 10.7. The van der Waals surface area contributed by atoms with Gasteiger partial charge < -0.3 is 5.11 Å². The molecule has 0 saturated heterocycles. The first-order chi connectivity index (χ1) is 7.16. The summed E-state index contributed by atoms with van der Waals surface area (Å²) >= 11 is 3.36. The van der Waals surface area contributed by atoms with E-state index in [0.29, 0.717) is 5.92 Å². The summed E-state index contributed by atoms with van der Waals surface area (Å²) in [6.45, 7) is 0. The number of aliphatic carboxylic acids is 1. The molecule has 3 heteroatoms. The van der Waals surface area contributed by atoms with Gasteiger partial charge in [-0.2, -0.15) is 0 Å². The minimum Gasteiger partial charge on any atom is -0.478 e. The monoisotopic (exact) mass is 266 g/mol. The summed E-state index contributed by atoms with van der Waals surface area (Å²) in [6.07, 6.45) is 3.55. The number of carboxylic acids is 1. The molecule has 0 heterocycles. The van der Waals surface area contributed by atoms with Gasteiger partial charge in [0.05, 0.1) is 0 Å². The van der Waals surface area contributed by atoms with E-state index in [1.165, 1.54) is 6.08 Å². The molecule has 78 valence electrons. The lowest BCUT2D eigenvalue weighted by atomic mass is 10.0. The van der Waals surface area contributed by atoms with Crippen LogP contribution < -0.4 is 0 Å². The number of halogens is 1. The zero-order chi connectivity index (χ0) is 10.8. The molecule has 0 unspecified atom stereocenters. The summed E-state index contributed by atoms with van der Waals surface area (Å²) in [6, 6.07) is 7.79. The molecule has 2 nitrogen and oxygen atoms in total. The highest BCUT2D eigenvalue weighted by atomic mass is 79.9. The Morgan fingerprint density at radius 1 is 1.33 bits per heavy atom. The molecule has 1 aromatic rings. The Morgan fingerprint density at radius 3 is 2.40 bits per heavy atom. The molecule has 1 aliphatic carbocycles. The normalized spacial score (nSPS) is 16.5. The van der Waals surface area contributed by atoms with Gasteiger partial charge in [-0.3, -0.25) is 0 Å². The second kappa shape index (κ2) is 4.19. The summed E-state index contributed by atoms with van der Waals surface area (Å²) in [5.74, 6) is -0.415. The molecular weight excluding hydrogens is 256 g/mol. The minimum absolute atomic E-state index is 0.447. The second-order valence-corrected chi connectivity index (χ2v) is 4.63. The predicted octanol–water partition coefficient (Wildman–Crippen LogP) is 3.33. The van der Waals surface area contributed by atoms with Crippen LogP contribution in [0.25, 0.3) is 5.57 Å². The molecule has 0 radical (unpaired) electrons. The average Bonchev–Trinajstić information content (AvgIpc) is 2.99. The number of rotatable bonds is 3. The number of hydrogen-bond acceptors (Lipinski definition) is 1. The van der Waals surface area contributed by atoms with Crippen LogP contribution in [0, 0.1) is 5.92 Å². The van der Waals surface area contributed by atoms with Gasteiger partial charge in [-0.25, -0.2) is 4.79 Å². The van der Waals surface area contributed by atoms with E-state index < -0.39 is 5.97 Å². The van der Waals surface area contributed by atoms with E-state index in [1.807, 2.05) is 24.3 Å². The van der Waals surface area contributed by atoms with E-state index in [-0.39, 0.29) is 0 Å². The van der Waals surface area contributed by atoms with Crippen molar-refractivity contribution in [2.24, 2.45) is 5.92 Å². The van der Waals surface area contributed by atoms with Crippen LogP contribution in [0.1, 0.15) is 18.4 Å². The van der Waals surface area contributed by atoms with Crippen LogP contribution in [0.3, 0.4) is 0 Å². The van der Waals surface area contributed by atoms with E-state index in [9.17, 15) is 4.79 Å². The van der Waals surface area contributed by atoms with Crippen molar-refractivity contribution in [3.63, 3.8) is 0 Å². The number of carboxylic acid groups (broad SMARTS) is 1.